The number of methoxy groups -OCH3 is 1. The normalized spacial score (nSPS) is 16.7. The molecule has 0 spiro atoms. The van der Waals surface area contributed by atoms with Crippen molar-refractivity contribution in [2.75, 3.05) is 43.1 Å². The Morgan fingerprint density at radius 3 is 1.67 bits per heavy atom. The van der Waals surface area contributed by atoms with Crippen molar-refractivity contribution in [2.45, 2.75) is 83.0 Å². The summed E-state index contributed by atoms with van der Waals surface area (Å²) in [5.74, 6) is -1.24. The first-order chi connectivity index (χ1) is 31.1. The number of likely N-dealkylation sites (tertiary alicyclic amines) is 1. The number of phenolic OH excluding ortho intramolecular Hbond substituents is 2. The predicted molar refractivity (Wildman–Crippen MR) is 262 cm³/mol. The summed E-state index contributed by atoms with van der Waals surface area (Å²) in [5, 5.41) is 34.9. The number of hydrogen-bond acceptors (Lipinski definition) is 12. The van der Waals surface area contributed by atoms with Gasteiger partial charge in [-0.15, -0.1) is 0 Å². The molecule has 4 aromatic rings. The van der Waals surface area contributed by atoms with Crippen LogP contribution in [0.3, 0.4) is 0 Å². The first-order valence-corrected chi connectivity index (χ1v) is 23.9. The molecule has 21 heteroatoms. The third kappa shape index (κ3) is 12.9. The second-order valence-corrected chi connectivity index (χ2v) is 19.1. The van der Waals surface area contributed by atoms with Crippen LogP contribution in [0, 0.1) is 0 Å². The highest BCUT2D eigenvalue weighted by Crippen LogP contribution is 2.36. The zero-order valence-electron chi connectivity index (χ0n) is 35.2. The molecule has 4 aliphatic heterocycles. The maximum absolute atomic E-state index is 12.8. The van der Waals surface area contributed by atoms with Gasteiger partial charge in [-0.05, 0) is 169 Å². The van der Waals surface area contributed by atoms with E-state index in [1.165, 1.54) is 7.11 Å². The Morgan fingerprint density at radius 2 is 1.23 bits per heavy atom. The van der Waals surface area contributed by atoms with Crippen LogP contribution in [-0.4, -0.2) is 117 Å². The lowest BCUT2D eigenvalue weighted by Gasteiger charge is -2.37. The molecule has 0 aliphatic carbocycles. The fraction of sp³-hybridized carbons (Fsp3) is 0.400. The van der Waals surface area contributed by atoms with Crippen LogP contribution in [0.15, 0.2) is 78.8 Å². The molecule has 0 radical (unpaired) electrons. The van der Waals surface area contributed by atoms with Crippen LogP contribution in [-0.2, 0) is 49.6 Å². The smallest absolute Gasteiger partial charge is 0.326 e. The highest BCUT2D eigenvalue weighted by atomic mass is 79.9. The Kier molecular flexibility index (Phi) is 18.9. The van der Waals surface area contributed by atoms with Crippen LogP contribution in [0.4, 0.5) is 16.2 Å². The number of pyridine rings is 2. The number of aromatic nitrogens is 2. The fourth-order valence-electron chi connectivity index (χ4n) is 8.12. The number of phenols is 2. The number of urea groups is 1. The number of rotatable bonds is 9. The van der Waals surface area contributed by atoms with Gasteiger partial charge in [0, 0.05) is 44.0 Å². The maximum atomic E-state index is 12.8. The van der Waals surface area contributed by atoms with Crippen molar-refractivity contribution in [2.24, 2.45) is 5.73 Å². The summed E-state index contributed by atoms with van der Waals surface area (Å²) < 4.78 is 6.49. The van der Waals surface area contributed by atoms with Gasteiger partial charge in [0.05, 0.1) is 60.6 Å². The quantitative estimate of drug-likeness (QED) is 0.0998. The van der Waals surface area contributed by atoms with E-state index in [0.717, 1.165) is 54.3 Å². The molecule has 0 unspecified atom stereocenters. The summed E-state index contributed by atoms with van der Waals surface area (Å²) in [5.41, 5.74) is 10.7. The van der Waals surface area contributed by atoms with E-state index in [0.29, 0.717) is 74.7 Å². The first kappa shape index (κ1) is 52.3. The van der Waals surface area contributed by atoms with E-state index >= 15 is 0 Å². The standard InChI is InChI=1S/C22H22Br2N4O5.C12H15N3O.C10H11Br2NO3.CH4/c23-14-8-12(9-15(24)20(14)30)10-17(21(31)32)26-22(33)27-6-3-13(4-7-27)28-18-2-1-5-25-16(18)11-19(28)29;16-12-8-10-11(2-1-5-14-10)15(12)9-3-6-13-7-4-9;1-16-10(15)8(13)4-5-2-6(11)9(14)7(12)3-5;/h1-2,5,8-9,13,17,30H,3-4,6-7,10-11H2,(H,26,33)(H,31,32);1-2,5,9,13H,3-4,6-8H2;2-3,8,14H,4,13H2,1H3;1H4/t17-;;8-;/m1.1./s1. The number of nitrogens with zero attached hydrogens (tertiary/aromatic N) is 5. The van der Waals surface area contributed by atoms with Crippen LogP contribution in [0.1, 0.15) is 55.6 Å². The van der Waals surface area contributed by atoms with E-state index in [1.807, 2.05) is 29.2 Å². The average Bonchev–Trinajstić information content (AvgIpc) is 3.82. The summed E-state index contributed by atoms with van der Waals surface area (Å²) >= 11 is 12.9. The molecule has 2 fully saturated rings. The zero-order chi connectivity index (χ0) is 46.9. The van der Waals surface area contributed by atoms with Crippen LogP contribution in [0.2, 0.25) is 0 Å². The second kappa shape index (κ2) is 23.9. The van der Waals surface area contributed by atoms with E-state index in [1.54, 1.807) is 46.5 Å². The lowest BCUT2D eigenvalue weighted by molar-refractivity contribution is -0.142. The average molecular weight is 1170 g/mol. The highest BCUT2D eigenvalue weighted by Gasteiger charge is 2.37. The summed E-state index contributed by atoms with van der Waals surface area (Å²) in [4.78, 5) is 74.1. The number of carbonyl (C=O) groups excluding carboxylic acids is 4. The number of aromatic hydroxyl groups is 2. The topological polar surface area (TPSA) is 241 Å². The SMILES string of the molecule is C.COC(=O)[C@H](N)Cc1cc(Br)c(O)c(Br)c1.O=C(O)[C@@H](Cc1cc(Br)c(O)c(Br)c1)NC(=O)N1CCC(N2C(=O)Cc3ncccc32)CC1.O=C1Cc2ncccc2N1C1CCNCC1. The van der Waals surface area contributed by atoms with Gasteiger partial charge >= 0.3 is 18.0 Å². The molecule has 2 atom stereocenters. The number of aliphatic carboxylic acids is 1. The lowest BCUT2D eigenvalue weighted by atomic mass is 10.0. The third-order valence-corrected chi connectivity index (χ3v) is 13.8. The van der Waals surface area contributed by atoms with Crippen molar-refractivity contribution < 1.29 is 44.0 Å². The second-order valence-electron chi connectivity index (χ2n) is 15.7. The molecule has 7 N–H and O–H groups in total. The third-order valence-electron chi connectivity index (χ3n) is 11.4. The van der Waals surface area contributed by atoms with Gasteiger partial charge in [-0.3, -0.25) is 24.4 Å². The monoisotopic (exact) mass is 1160 g/mol. The van der Waals surface area contributed by atoms with Crippen molar-refractivity contribution in [3.8, 4) is 11.5 Å². The molecule has 2 aromatic heterocycles. The molecular weight excluding hydrogens is 1120 g/mol. The number of nitrogens with two attached hydrogens (primary N) is 1. The van der Waals surface area contributed by atoms with Crippen molar-refractivity contribution in [1.82, 2.24) is 25.5 Å². The van der Waals surface area contributed by atoms with Crippen LogP contribution >= 0.6 is 63.7 Å². The number of nitrogens with one attached hydrogen (secondary N) is 2. The number of fused-ring (bicyclic) bond motifs is 2. The van der Waals surface area contributed by atoms with Gasteiger partial charge in [-0.25, -0.2) is 9.59 Å². The van der Waals surface area contributed by atoms with Gasteiger partial charge in [0.15, 0.2) is 0 Å². The number of amides is 4. The number of carbonyl (C=O) groups is 5. The van der Waals surface area contributed by atoms with Gasteiger partial charge < -0.3 is 51.1 Å². The van der Waals surface area contributed by atoms with Crippen molar-refractivity contribution in [3.05, 3.63) is 101 Å². The number of hydrogen-bond donors (Lipinski definition) is 6. The molecule has 17 nitrogen and oxygen atoms in total. The van der Waals surface area contributed by atoms with Gasteiger partial charge in [0.25, 0.3) is 0 Å². The van der Waals surface area contributed by atoms with Gasteiger partial charge in [0.2, 0.25) is 11.8 Å². The van der Waals surface area contributed by atoms with E-state index in [9.17, 15) is 39.3 Å². The molecule has 2 aromatic carbocycles. The Balaban J connectivity index is 0.000000207. The van der Waals surface area contributed by atoms with Gasteiger partial charge in [-0.2, -0.15) is 0 Å². The van der Waals surface area contributed by atoms with E-state index < -0.39 is 30.1 Å². The fourth-order valence-corrected chi connectivity index (χ4v) is 10.7. The summed E-state index contributed by atoms with van der Waals surface area (Å²) in [7, 11) is 1.30. The summed E-state index contributed by atoms with van der Waals surface area (Å²) in [6.07, 6.45) is 7.90. The lowest BCUT2D eigenvalue weighted by Crippen LogP contribution is -2.53. The molecular formula is C45H52Br4N8O9. The summed E-state index contributed by atoms with van der Waals surface area (Å²) in [6, 6.07) is 12.3. The highest BCUT2D eigenvalue weighted by molar-refractivity contribution is 9.11. The Labute approximate surface area is 416 Å². The molecule has 354 valence electrons. The molecule has 4 aliphatic rings. The van der Waals surface area contributed by atoms with E-state index in [-0.39, 0.29) is 43.2 Å². The van der Waals surface area contributed by atoms with Gasteiger partial charge in [-0.1, -0.05) is 7.43 Å². The molecule has 6 heterocycles. The number of benzene rings is 2. The van der Waals surface area contributed by atoms with Crippen molar-refractivity contribution >= 4 is 105 Å². The number of esters is 1. The Bertz CT molecular complexity index is 2370. The largest absolute Gasteiger partial charge is 0.506 e. The zero-order valence-corrected chi connectivity index (χ0v) is 41.5. The number of carboxylic acid groups (broad SMARTS) is 1. The number of halogens is 4. The van der Waals surface area contributed by atoms with Crippen LogP contribution in [0.25, 0.3) is 0 Å². The van der Waals surface area contributed by atoms with Crippen molar-refractivity contribution in [1.29, 1.82) is 0 Å². The Morgan fingerprint density at radius 1 is 0.788 bits per heavy atom. The van der Waals surface area contributed by atoms with Crippen LogP contribution < -0.4 is 26.2 Å². The molecule has 8 rings (SSSR count). The number of carboxylic acids is 1. The number of ether oxygens (including phenoxy) is 1. The maximum Gasteiger partial charge on any atom is 0.326 e. The number of anilines is 2. The predicted octanol–water partition coefficient (Wildman–Crippen LogP) is 6.39. The van der Waals surface area contributed by atoms with Crippen molar-refractivity contribution in [3.63, 3.8) is 0 Å². The molecule has 4 amide bonds. The molecule has 0 saturated carbocycles. The minimum atomic E-state index is -1.15. The first-order valence-electron chi connectivity index (χ1n) is 20.7. The minimum absolute atomic E-state index is 0. The van der Waals surface area contributed by atoms with E-state index in [4.69, 9.17) is 5.73 Å². The molecule has 0 bridgehead atoms. The summed E-state index contributed by atoms with van der Waals surface area (Å²) in [6.45, 7) is 2.84. The minimum Gasteiger partial charge on any atom is -0.506 e. The molecule has 2 saturated heterocycles. The van der Waals surface area contributed by atoms with E-state index in [2.05, 4.69) is 89.1 Å². The van der Waals surface area contributed by atoms with Crippen LogP contribution in [0.5, 0.6) is 11.5 Å². The van der Waals surface area contributed by atoms with Gasteiger partial charge in [0.1, 0.15) is 23.6 Å². The number of piperidine rings is 2. The molecule has 66 heavy (non-hydrogen) atoms. The Hall–Kier alpha value is -4.67.